The van der Waals surface area contributed by atoms with Gasteiger partial charge in [0.25, 0.3) is 0 Å². The van der Waals surface area contributed by atoms with Crippen LogP contribution in [-0.4, -0.2) is 32.5 Å². The second kappa shape index (κ2) is 7.75. The molecule has 0 aliphatic rings. The molecule has 21 heavy (non-hydrogen) atoms. The summed E-state index contributed by atoms with van der Waals surface area (Å²) in [4.78, 5) is 22.5. The molecule has 1 aromatic rings. The van der Waals surface area contributed by atoms with E-state index in [-0.39, 0.29) is 30.5 Å². The van der Waals surface area contributed by atoms with E-state index in [4.69, 9.17) is 0 Å². The minimum atomic E-state index is -3.28. The SMILES string of the molecule is CCS(=O)(=O)NCCC(=O)Nc1ccc(NC(C)=O)cc1. The van der Waals surface area contributed by atoms with Crippen molar-refractivity contribution in [2.24, 2.45) is 0 Å². The van der Waals surface area contributed by atoms with Gasteiger partial charge in [0, 0.05) is 31.3 Å². The molecular weight excluding hydrogens is 294 g/mol. The van der Waals surface area contributed by atoms with Gasteiger partial charge in [-0.3, -0.25) is 9.59 Å². The maximum atomic E-state index is 11.6. The van der Waals surface area contributed by atoms with Crippen LogP contribution in [0.25, 0.3) is 0 Å². The second-order valence-electron chi connectivity index (χ2n) is 4.35. The Morgan fingerprint density at radius 2 is 1.57 bits per heavy atom. The van der Waals surface area contributed by atoms with Gasteiger partial charge in [-0.25, -0.2) is 13.1 Å². The minimum absolute atomic E-state index is 0.0147. The maximum Gasteiger partial charge on any atom is 0.225 e. The molecule has 1 aromatic carbocycles. The van der Waals surface area contributed by atoms with Gasteiger partial charge < -0.3 is 10.6 Å². The van der Waals surface area contributed by atoms with Crippen molar-refractivity contribution in [1.82, 2.24) is 4.72 Å². The van der Waals surface area contributed by atoms with E-state index < -0.39 is 10.0 Å². The van der Waals surface area contributed by atoms with E-state index in [1.807, 2.05) is 0 Å². The molecule has 116 valence electrons. The monoisotopic (exact) mass is 313 g/mol. The van der Waals surface area contributed by atoms with E-state index in [0.29, 0.717) is 11.4 Å². The molecule has 0 aliphatic heterocycles. The number of hydrogen-bond acceptors (Lipinski definition) is 4. The molecule has 3 N–H and O–H groups in total. The highest BCUT2D eigenvalue weighted by Gasteiger charge is 2.08. The Kier molecular flexibility index (Phi) is 6.32. The Hall–Kier alpha value is -1.93. The fourth-order valence-corrected chi connectivity index (χ4v) is 2.10. The third-order valence-corrected chi connectivity index (χ3v) is 3.95. The number of carbonyl (C=O) groups is 2. The van der Waals surface area contributed by atoms with Crippen molar-refractivity contribution in [3.63, 3.8) is 0 Å². The Morgan fingerprint density at radius 3 is 2.05 bits per heavy atom. The van der Waals surface area contributed by atoms with Crippen molar-refractivity contribution < 1.29 is 18.0 Å². The van der Waals surface area contributed by atoms with Crippen LogP contribution in [0.1, 0.15) is 20.3 Å². The second-order valence-corrected chi connectivity index (χ2v) is 6.45. The van der Waals surface area contributed by atoms with Gasteiger partial charge in [-0.05, 0) is 31.2 Å². The quantitative estimate of drug-likeness (QED) is 0.696. The topological polar surface area (TPSA) is 104 Å². The smallest absolute Gasteiger partial charge is 0.225 e. The lowest BCUT2D eigenvalue weighted by Gasteiger charge is -2.07. The molecule has 2 amide bonds. The molecule has 0 aliphatic carbocycles. The third-order valence-electron chi connectivity index (χ3n) is 2.54. The summed E-state index contributed by atoms with van der Waals surface area (Å²) in [5.41, 5.74) is 1.21. The number of hydrogen-bond donors (Lipinski definition) is 3. The molecule has 7 nitrogen and oxygen atoms in total. The van der Waals surface area contributed by atoms with Crippen LogP contribution in [0.2, 0.25) is 0 Å². The van der Waals surface area contributed by atoms with Gasteiger partial charge in [-0.1, -0.05) is 0 Å². The van der Waals surface area contributed by atoms with Crippen LogP contribution in [0.4, 0.5) is 11.4 Å². The Balaban J connectivity index is 2.43. The molecule has 0 radical (unpaired) electrons. The summed E-state index contributed by atoms with van der Waals surface area (Å²) in [5, 5.41) is 5.25. The molecule has 0 bridgehead atoms. The molecule has 0 fully saturated rings. The average molecular weight is 313 g/mol. The van der Waals surface area contributed by atoms with Crippen molar-refractivity contribution in [3.05, 3.63) is 24.3 Å². The van der Waals surface area contributed by atoms with Crippen LogP contribution < -0.4 is 15.4 Å². The molecule has 0 spiro atoms. The van der Waals surface area contributed by atoms with Gasteiger partial charge in [-0.15, -0.1) is 0 Å². The fourth-order valence-electron chi connectivity index (χ4n) is 1.49. The van der Waals surface area contributed by atoms with Crippen LogP contribution in [0.3, 0.4) is 0 Å². The number of rotatable bonds is 7. The summed E-state index contributed by atoms with van der Waals surface area (Å²) in [6.07, 6.45) is 0.0483. The van der Waals surface area contributed by atoms with Crippen LogP contribution >= 0.6 is 0 Å². The van der Waals surface area contributed by atoms with E-state index in [9.17, 15) is 18.0 Å². The van der Waals surface area contributed by atoms with Gasteiger partial charge >= 0.3 is 0 Å². The molecule has 0 saturated heterocycles. The average Bonchev–Trinajstić information content (AvgIpc) is 2.40. The zero-order chi connectivity index (χ0) is 15.9. The lowest BCUT2D eigenvalue weighted by atomic mass is 10.2. The molecule has 1 rings (SSSR count). The Bertz CT molecular complexity index is 596. The zero-order valence-corrected chi connectivity index (χ0v) is 12.8. The predicted molar refractivity (Wildman–Crippen MR) is 81.5 cm³/mol. The van der Waals surface area contributed by atoms with Gasteiger partial charge in [0.05, 0.1) is 5.75 Å². The fraction of sp³-hybridized carbons (Fsp3) is 0.385. The first-order valence-electron chi connectivity index (χ1n) is 6.47. The molecule has 0 saturated carbocycles. The first-order chi connectivity index (χ1) is 9.82. The van der Waals surface area contributed by atoms with Crippen molar-refractivity contribution >= 4 is 33.2 Å². The van der Waals surface area contributed by atoms with E-state index in [2.05, 4.69) is 15.4 Å². The highest BCUT2D eigenvalue weighted by Crippen LogP contribution is 2.13. The van der Waals surface area contributed by atoms with Gasteiger partial charge in [0.2, 0.25) is 21.8 Å². The molecule has 8 heteroatoms. The van der Waals surface area contributed by atoms with Crippen LogP contribution in [0.15, 0.2) is 24.3 Å². The highest BCUT2D eigenvalue weighted by molar-refractivity contribution is 7.89. The van der Waals surface area contributed by atoms with Crippen molar-refractivity contribution in [2.45, 2.75) is 20.3 Å². The predicted octanol–water partition coefficient (Wildman–Crippen LogP) is 0.913. The number of carbonyl (C=O) groups excluding carboxylic acids is 2. The van der Waals surface area contributed by atoms with Gasteiger partial charge in [-0.2, -0.15) is 0 Å². The van der Waals surface area contributed by atoms with E-state index >= 15 is 0 Å². The highest BCUT2D eigenvalue weighted by atomic mass is 32.2. The maximum absolute atomic E-state index is 11.6. The Labute approximate surface area is 124 Å². The number of amides is 2. The van der Waals surface area contributed by atoms with E-state index in [1.165, 1.54) is 13.8 Å². The summed E-state index contributed by atoms with van der Waals surface area (Å²) < 4.78 is 24.7. The van der Waals surface area contributed by atoms with Crippen molar-refractivity contribution in [3.8, 4) is 0 Å². The summed E-state index contributed by atoms with van der Waals surface area (Å²) in [6, 6.07) is 6.63. The van der Waals surface area contributed by atoms with Gasteiger partial charge in [0.1, 0.15) is 0 Å². The number of anilines is 2. The number of benzene rings is 1. The van der Waals surface area contributed by atoms with E-state index in [0.717, 1.165) is 0 Å². The molecule has 0 unspecified atom stereocenters. The van der Waals surface area contributed by atoms with Gasteiger partial charge in [0.15, 0.2) is 0 Å². The molecule has 0 aromatic heterocycles. The summed E-state index contributed by atoms with van der Waals surface area (Å²) >= 11 is 0. The molecular formula is C13H19N3O4S. The lowest BCUT2D eigenvalue weighted by Crippen LogP contribution is -2.28. The molecule has 0 atom stereocenters. The molecule has 0 heterocycles. The van der Waals surface area contributed by atoms with Crippen molar-refractivity contribution in [1.29, 1.82) is 0 Å². The minimum Gasteiger partial charge on any atom is -0.326 e. The summed E-state index contributed by atoms with van der Waals surface area (Å²) in [7, 11) is -3.28. The third kappa shape index (κ3) is 6.87. The Morgan fingerprint density at radius 1 is 1.05 bits per heavy atom. The van der Waals surface area contributed by atoms with E-state index in [1.54, 1.807) is 24.3 Å². The standard InChI is InChI=1S/C13H19N3O4S/c1-3-21(19,20)14-9-8-13(18)16-12-6-4-11(5-7-12)15-10(2)17/h4-7,14H,3,8-9H2,1-2H3,(H,15,17)(H,16,18). The largest absolute Gasteiger partial charge is 0.326 e. The van der Waals surface area contributed by atoms with Crippen molar-refractivity contribution in [2.75, 3.05) is 22.9 Å². The summed E-state index contributed by atoms with van der Waals surface area (Å²) in [5.74, 6) is -0.477. The lowest BCUT2D eigenvalue weighted by molar-refractivity contribution is -0.116. The van der Waals surface area contributed by atoms with Crippen LogP contribution in [0.5, 0.6) is 0 Å². The van der Waals surface area contributed by atoms with Crippen LogP contribution in [-0.2, 0) is 19.6 Å². The zero-order valence-electron chi connectivity index (χ0n) is 12.0. The number of sulfonamides is 1. The normalized spacial score (nSPS) is 11.0. The summed E-state index contributed by atoms with van der Waals surface area (Å²) in [6.45, 7) is 3.00. The van der Waals surface area contributed by atoms with Crippen LogP contribution in [0, 0.1) is 0 Å². The first kappa shape index (κ1) is 17.1. The number of nitrogens with one attached hydrogen (secondary N) is 3. The first-order valence-corrected chi connectivity index (χ1v) is 8.12.